The Hall–Kier alpha value is -1.49. The number of nitrogens with one attached hydrogen (secondary N) is 1. The second-order valence-electron chi connectivity index (χ2n) is 6.84. The Balaban J connectivity index is 1.94. The smallest absolute Gasteiger partial charge is 0.244 e. The molecule has 1 fully saturated rings. The summed E-state index contributed by atoms with van der Waals surface area (Å²) in [5, 5.41) is 3.55. The number of hydrogen-bond donors (Lipinski definition) is 1. The molecule has 1 aliphatic heterocycles. The normalized spacial score (nSPS) is 16.9. The molecule has 0 bridgehead atoms. The first-order chi connectivity index (χ1) is 12.0. The number of benzene rings is 1. The molecule has 1 atom stereocenters. The van der Waals surface area contributed by atoms with E-state index in [2.05, 4.69) is 31.3 Å². The first kappa shape index (κ1) is 19.8. The standard InChI is InChI=1S/C20H30N2O2S/c1-4-16(3)25-17-10-11-18(15(2)13-17)21-19(23)14-22-12-8-6-5-7-9-20(22)24/h10-11,13,16H,4-9,12,14H2,1-3H3,(H,21,23). The number of nitrogens with zero attached hydrogens (tertiary/aromatic N) is 1. The molecule has 0 aromatic heterocycles. The molecule has 1 aromatic carbocycles. The minimum atomic E-state index is -0.112. The lowest BCUT2D eigenvalue weighted by molar-refractivity contribution is -0.135. The van der Waals surface area contributed by atoms with Crippen LogP contribution in [0.2, 0.25) is 0 Å². The monoisotopic (exact) mass is 362 g/mol. The molecular formula is C20H30N2O2S. The van der Waals surface area contributed by atoms with E-state index < -0.39 is 0 Å². The van der Waals surface area contributed by atoms with E-state index in [0.29, 0.717) is 18.2 Å². The molecule has 0 aliphatic carbocycles. The molecular weight excluding hydrogens is 332 g/mol. The minimum Gasteiger partial charge on any atom is -0.333 e. The van der Waals surface area contributed by atoms with E-state index >= 15 is 0 Å². The van der Waals surface area contributed by atoms with Crippen LogP contribution in [0.15, 0.2) is 23.1 Å². The molecule has 1 heterocycles. The van der Waals surface area contributed by atoms with Crippen molar-refractivity contribution >= 4 is 29.3 Å². The Kier molecular flexibility index (Phi) is 7.82. The summed E-state index contributed by atoms with van der Waals surface area (Å²) in [6.45, 7) is 7.26. The molecule has 1 unspecified atom stereocenters. The molecule has 1 aromatic rings. The molecule has 1 N–H and O–H groups in total. The van der Waals surface area contributed by atoms with Crippen LogP contribution in [0.1, 0.15) is 57.9 Å². The van der Waals surface area contributed by atoms with Gasteiger partial charge in [0.25, 0.3) is 0 Å². The van der Waals surface area contributed by atoms with Gasteiger partial charge in [0, 0.05) is 28.8 Å². The van der Waals surface area contributed by atoms with Crippen LogP contribution in [0.4, 0.5) is 5.69 Å². The Morgan fingerprint density at radius 2 is 2.04 bits per heavy atom. The number of carbonyl (C=O) groups excluding carboxylic acids is 2. The number of carbonyl (C=O) groups is 2. The average Bonchev–Trinajstić information content (AvgIpc) is 2.57. The Bertz CT molecular complexity index is 603. The minimum absolute atomic E-state index is 0.104. The third kappa shape index (κ3) is 6.38. The van der Waals surface area contributed by atoms with E-state index in [9.17, 15) is 9.59 Å². The highest BCUT2D eigenvalue weighted by Crippen LogP contribution is 2.28. The van der Waals surface area contributed by atoms with Crippen LogP contribution in [-0.4, -0.2) is 35.1 Å². The maximum atomic E-state index is 12.4. The quantitative estimate of drug-likeness (QED) is 0.751. The van der Waals surface area contributed by atoms with Gasteiger partial charge in [-0.05, 0) is 49.9 Å². The topological polar surface area (TPSA) is 49.4 Å². The van der Waals surface area contributed by atoms with Crippen LogP contribution in [0.5, 0.6) is 0 Å². The van der Waals surface area contributed by atoms with Crippen LogP contribution in [0, 0.1) is 6.92 Å². The highest BCUT2D eigenvalue weighted by molar-refractivity contribution is 7.99. The van der Waals surface area contributed by atoms with Gasteiger partial charge in [-0.1, -0.05) is 26.7 Å². The lowest BCUT2D eigenvalue weighted by Crippen LogP contribution is -2.39. The van der Waals surface area contributed by atoms with Crippen molar-refractivity contribution in [2.45, 2.75) is 69.4 Å². The summed E-state index contributed by atoms with van der Waals surface area (Å²) < 4.78 is 0. The predicted octanol–water partition coefficient (Wildman–Crippen LogP) is 4.62. The number of rotatable bonds is 6. The fourth-order valence-electron chi connectivity index (χ4n) is 2.91. The zero-order valence-corrected chi connectivity index (χ0v) is 16.5. The Morgan fingerprint density at radius 3 is 2.76 bits per heavy atom. The van der Waals surface area contributed by atoms with Gasteiger partial charge >= 0.3 is 0 Å². The van der Waals surface area contributed by atoms with Crippen molar-refractivity contribution in [1.82, 2.24) is 4.90 Å². The fourth-order valence-corrected chi connectivity index (χ4v) is 3.93. The van der Waals surface area contributed by atoms with Gasteiger partial charge in [0.2, 0.25) is 11.8 Å². The van der Waals surface area contributed by atoms with Crippen LogP contribution >= 0.6 is 11.8 Å². The zero-order valence-electron chi connectivity index (χ0n) is 15.6. The predicted molar refractivity (Wildman–Crippen MR) is 105 cm³/mol. The van der Waals surface area contributed by atoms with Crippen molar-refractivity contribution in [1.29, 1.82) is 0 Å². The molecule has 2 rings (SSSR count). The maximum absolute atomic E-state index is 12.4. The second-order valence-corrected chi connectivity index (χ2v) is 8.35. The van der Waals surface area contributed by atoms with Gasteiger partial charge in [0.15, 0.2) is 0 Å². The molecule has 138 valence electrons. The Morgan fingerprint density at radius 1 is 1.28 bits per heavy atom. The van der Waals surface area contributed by atoms with Crippen molar-refractivity contribution in [2.75, 3.05) is 18.4 Å². The highest BCUT2D eigenvalue weighted by atomic mass is 32.2. The van der Waals surface area contributed by atoms with E-state index in [1.807, 2.05) is 24.8 Å². The van der Waals surface area contributed by atoms with Gasteiger partial charge in [-0.2, -0.15) is 0 Å². The fraction of sp³-hybridized carbons (Fsp3) is 0.600. The molecule has 0 saturated carbocycles. The Labute approximate surface area is 155 Å². The molecule has 0 spiro atoms. The summed E-state index contributed by atoms with van der Waals surface area (Å²) in [4.78, 5) is 27.4. The van der Waals surface area contributed by atoms with Gasteiger partial charge in [-0.25, -0.2) is 0 Å². The number of thioether (sulfide) groups is 1. The molecule has 5 heteroatoms. The first-order valence-electron chi connectivity index (χ1n) is 9.34. The zero-order chi connectivity index (χ0) is 18.2. The molecule has 4 nitrogen and oxygen atoms in total. The van der Waals surface area contributed by atoms with Crippen LogP contribution < -0.4 is 5.32 Å². The van der Waals surface area contributed by atoms with E-state index in [1.165, 1.54) is 4.90 Å². The van der Waals surface area contributed by atoms with Crippen molar-refractivity contribution in [2.24, 2.45) is 0 Å². The van der Waals surface area contributed by atoms with Crippen LogP contribution in [0.3, 0.4) is 0 Å². The summed E-state index contributed by atoms with van der Waals surface area (Å²) in [5.74, 6) is -0.00812. The molecule has 25 heavy (non-hydrogen) atoms. The number of amides is 2. The van der Waals surface area contributed by atoms with Gasteiger partial charge in [0.1, 0.15) is 0 Å². The third-order valence-corrected chi connectivity index (χ3v) is 5.90. The number of anilines is 1. The van der Waals surface area contributed by atoms with E-state index in [1.54, 1.807) is 4.90 Å². The van der Waals surface area contributed by atoms with Crippen molar-refractivity contribution in [3.8, 4) is 0 Å². The second kappa shape index (κ2) is 9.85. The van der Waals surface area contributed by atoms with E-state index in [4.69, 9.17) is 0 Å². The summed E-state index contributed by atoms with van der Waals surface area (Å²) in [6.07, 6.45) is 5.87. The number of likely N-dealkylation sites (tertiary alicyclic amines) is 1. The lowest BCUT2D eigenvalue weighted by Gasteiger charge is -2.24. The van der Waals surface area contributed by atoms with Crippen molar-refractivity contribution < 1.29 is 9.59 Å². The van der Waals surface area contributed by atoms with Gasteiger partial charge in [-0.3, -0.25) is 9.59 Å². The molecule has 0 radical (unpaired) electrons. The summed E-state index contributed by atoms with van der Waals surface area (Å²) in [6, 6.07) is 6.14. The lowest BCUT2D eigenvalue weighted by atomic mass is 10.1. The van der Waals surface area contributed by atoms with Gasteiger partial charge < -0.3 is 10.2 Å². The van der Waals surface area contributed by atoms with Crippen LogP contribution in [0.25, 0.3) is 0 Å². The van der Waals surface area contributed by atoms with Crippen molar-refractivity contribution in [3.63, 3.8) is 0 Å². The van der Waals surface area contributed by atoms with Crippen molar-refractivity contribution in [3.05, 3.63) is 23.8 Å². The van der Waals surface area contributed by atoms with Crippen LogP contribution in [-0.2, 0) is 9.59 Å². The van der Waals surface area contributed by atoms with E-state index in [-0.39, 0.29) is 18.4 Å². The van der Waals surface area contributed by atoms with E-state index in [0.717, 1.165) is 43.4 Å². The number of aryl methyl sites for hydroxylation is 1. The van der Waals surface area contributed by atoms with Gasteiger partial charge in [0.05, 0.1) is 6.54 Å². The highest BCUT2D eigenvalue weighted by Gasteiger charge is 2.18. The first-order valence-corrected chi connectivity index (χ1v) is 10.2. The molecule has 1 aliphatic rings. The third-order valence-electron chi connectivity index (χ3n) is 4.64. The van der Waals surface area contributed by atoms with Gasteiger partial charge in [-0.15, -0.1) is 11.8 Å². The molecule has 1 saturated heterocycles. The summed E-state index contributed by atoms with van der Waals surface area (Å²) >= 11 is 1.85. The SMILES string of the molecule is CCC(C)Sc1ccc(NC(=O)CN2CCCCCCC2=O)c(C)c1. The average molecular weight is 363 g/mol. The summed E-state index contributed by atoms with van der Waals surface area (Å²) in [5.41, 5.74) is 1.89. The maximum Gasteiger partial charge on any atom is 0.244 e. The molecule has 2 amide bonds. The largest absolute Gasteiger partial charge is 0.333 e. The number of hydrogen-bond acceptors (Lipinski definition) is 3. The summed E-state index contributed by atoms with van der Waals surface area (Å²) in [7, 11) is 0.